The van der Waals surface area contributed by atoms with Crippen molar-refractivity contribution in [2.24, 2.45) is 10.1 Å². The summed E-state index contributed by atoms with van der Waals surface area (Å²) in [6.45, 7) is 2.00. The number of benzene rings is 4. The lowest BCUT2D eigenvalue weighted by molar-refractivity contribution is 0.324. The summed E-state index contributed by atoms with van der Waals surface area (Å²) < 4.78 is 16.9. The number of ether oxygens (including phenoxy) is 3. The quantitative estimate of drug-likeness (QED) is 0.225. The second-order valence-corrected chi connectivity index (χ2v) is 11.6. The van der Waals surface area contributed by atoms with E-state index in [1.165, 1.54) is 0 Å². The SMILES string of the molecule is COc1cc(C2C=C(c3ccc(N=C4CC(C)=NN4c4ccccc4Cl)cc3)Nc3ccccc3S2)cc(OC)c1OC. The van der Waals surface area contributed by atoms with Gasteiger partial charge in [-0.05, 0) is 72.7 Å². The molecule has 0 amide bonds. The first-order valence-corrected chi connectivity index (χ1v) is 15.0. The number of para-hydroxylation sites is 2. The van der Waals surface area contributed by atoms with Crippen molar-refractivity contribution in [1.82, 2.24) is 0 Å². The lowest BCUT2D eigenvalue weighted by atomic mass is 10.1. The van der Waals surface area contributed by atoms with E-state index < -0.39 is 0 Å². The molecule has 0 aromatic heterocycles. The van der Waals surface area contributed by atoms with Crippen LogP contribution in [0.1, 0.15) is 29.7 Å². The number of nitrogens with one attached hydrogen (secondary N) is 1. The second kappa shape index (κ2) is 12.5. The number of fused-ring (bicyclic) bond motifs is 1. The van der Waals surface area contributed by atoms with Crippen LogP contribution in [-0.2, 0) is 0 Å². The molecule has 1 unspecified atom stereocenters. The predicted molar refractivity (Wildman–Crippen MR) is 178 cm³/mol. The number of hydrogen-bond acceptors (Lipinski definition) is 7. The standard InChI is InChI=1S/C34H31ClN4O3S/c1-21-17-33(39(38-21)28-11-7-5-9-25(28)35)36-24-15-13-22(14-16-24)27-20-32(43-31-12-8-6-10-26(31)37-27)23-18-29(40-2)34(42-4)30(19-23)41-3/h5-16,18-20,32,37H,17H2,1-4H3. The first kappa shape index (κ1) is 28.7. The molecule has 0 aliphatic carbocycles. The summed E-state index contributed by atoms with van der Waals surface area (Å²) in [5.41, 5.74) is 6.76. The number of aliphatic imine (C=N–C) groups is 1. The molecule has 2 aliphatic rings. The minimum Gasteiger partial charge on any atom is -0.493 e. The molecule has 4 aromatic rings. The number of nitrogens with zero attached hydrogens (tertiary/aromatic N) is 3. The molecular formula is C34H31ClN4O3S. The highest BCUT2D eigenvalue weighted by molar-refractivity contribution is 7.99. The maximum Gasteiger partial charge on any atom is 0.203 e. The highest BCUT2D eigenvalue weighted by Gasteiger charge is 2.25. The highest BCUT2D eigenvalue weighted by atomic mass is 35.5. The second-order valence-electron chi connectivity index (χ2n) is 10.0. The zero-order valence-electron chi connectivity index (χ0n) is 24.3. The van der Waals surface area contributed by atoms with Gasteiger partial charge in [0.2, 0.25) is 5.75 Å². The first-order valence-electron chi connectivity index (χ1n) is 13.8. The molecule has 6 rings (SSSR count). The zero-order chi connectivity index (χ0) is 29.9. The van der Waals surface area contributed by atoms with Gasteiger partial charge in [-0.15, -0.1) is 11.8 Å². The third kappa shape index (κ3) is 5.94. The van der Waals surface area contributed by atoms with Gasteiger partial charge in [0.25, 0.3) is 0 Å². The van der Waals surface area contributed by atoms with Gasteiger partial charge in [0.15, 0.2) is 11.5 Å². The Balaban J connectivity index is 1.35. The number of rotatable bonds is 7. The average molecular weight is 611 g/mol. The molecule has 1 N–H and O–H groups in total. The molecule has 2 aliphatic heterocycles. The fourth-order valence-corrected chi connectivity index (χ4v) is 6.48. The topological polar surface area (TPSA) is 67.7 Å². The molecule has 218 valence electrons. The average Bonchev–Trinajstić information content (AvgIpc) is 3.27. The van der Waals surface area contributed by atoms with Crippen molar-refractivity contribution < 1.29 is 14.2 Å². The molecule has 2 heterocycles. The van der Waals surface area contributed by atoms with Crippen molar-refractivity contribution in [2.45, 2.75) is 23.5 Å². The molecule has 0 saturated heterocycles. The third-order valence-corrected chi connectivity index (χ3v) is 8.78. The van der Waals surface area contributed by atoms with Gasteiger partial charge in [-0.2, -0.15) is 5.10 Å². The van der Waals surface area contributed by atoms with Crippen LogP contribution in [0.2, 0.25) is 5.02 Å². The molecular weight excluding hydrogens is 580 g/mol. The Labute approximate surface area is 260 Å². The monoisotopic (exact) mass is 610 g/mol. The van der Waals surface area contributed by atoms with Crippen LogP contribution in [0, 0.1) is 0 Å². The lowest BCUT2D eigenvalue weighted by Gasteiger charge is -2.18. The van der Waals surface area contributed by atoms with E-state index in [-0.39, 0.29) is 5.25 Å². The summed E-state index contributed by atoms with van der Waals surface area (Å²) in [5.74, 6) is 2.65. The number of anilines is 2. The normalized spacial score (nSPS) is 17.0. The molecule has 43 heavy (non-hydrogen) atoms. The van der Waals surface area contributed by atoms with Gasteiger partial charge in [-0.3, -0.25) is 0 Å². The van der Waals surface area contributed by atoms with E-state index in [9.17, 15) is 0 Å². The maximum absolute atomic E-state index is 6.48. The molecule has 4 aromatic carbocycles. The Hall–Kier alpha value is -4.40. The number of methoxy groups -OCH3 is 3. The molecule has 0 bridgehead atoms. The van der Waals surface area contributed by atoms with Crippen molar-refractivity contribution in [3.63, 3.8) is 0 Å². The summed E-state index contributed by atoms with van der Waals surface area (Å²) in [5, 5.41) is 10.8. The fourth-order valence-electron chi connectivity index (χ4n) is 5.12. The summed E-state index contributed by atoms with van der Waals surface area (Å²) in [6, 6.07) is 28.3. The zero-order valence-corrected chi connectivity index (χ0v) is 25.9. The van der Waals surface area contributed by atoms with E-state index in [1.807, 2.05) is 66.5 Å². The van der Waals surface area contributed by atoms with Gasteiger partial charge in [0, 0.05) is 22.7 Å². The number of halogens is 1. The maximum atomic E-state index is 6.48. The molecule has 0 spiro atoms. The Morgan fingerprint density at radius 1 is 0.907 bits per heavy atom. The van der Waals surface area contributed by atoms with E-state index >= 15 is 0 Å². The summed E-state index contributed by atoms with van der Waals surface area (Å²) in [4.78, 5) is 6.10. The van der Waals surface area contributed by atoms with Gasteiger partial charge in [-0.1, -0.05) is 48.0 Å². The largest absolute Gasteiger partial charge is 0.493 e. The minimum atomic E-state index is -0.0254. The Morgan fingerprint density at radius 3 is 2.30 bits per heavy atom. The predicted octanol–water partition coefficient (Wildman–Crippen LogP) is 8.98. The number of thioether (sulfide) groups is 1. The van der Waals surface area contributed by atoms with Gasteiger partial charge >= 0.3 is 0 Å². The molecule has 0 saturated carbocycles. The summed E-state index contributed by atoms with van der Waals surface area (Å²) in [6.07, 6.45) is 2.89. The Bertz CT molecular complexity index is 1730. The molecule has 0 radical (unpaired) electrons. The van der Waals surface area contributed by atoms with Gasteiger partial charge in [0.05, 0.1) is 48.7 Å². The molecule has 9 heteroatoms. The van der Waals surface area contributed by atoms with Crippen LogP contribution in [0.5, 0.6) is 17.2 Å². The van der Waals surface area contributed by atoms with E-state index in [0.717, 1.165) is 50.3 Å². The Morgan fingerprint density at radius 2 is 1.60 bits per heavy atom. The summed E-state index contributed by atoms with van der Waals surface area (Å²) >= 11 is 8.24. The first-order chi connectivity index (χ1) is 21.0. The van der Waals surface area contributed by atoms with Crippen molar-refractivity contribution in [3.8, 4) is 17.2 Å². The van der Waals surface area contributed by atoms with E-state index in [1.54, 1.807) is 33.1 Å². The van der Waals surface area contributed by atoms with Crippen LogP contribution in [0.15, 0.2) is 106 Å². The van der Waals surface area contributed by atoms with E-state index in [0.29, 0.717) is 28.7 Å². The van der Waals surface area contributed by atoms with E-state index in [2.05, 4.69) is 46.8 Å². The van der Waals surface area contributed by atoms with Gasteiger partial charge in [-0.25, -0.2) is 10.0 Å². The van der Waals surface area contributed by atoms with Crippen molar-refractivity contribution in [3.05, 3.63) is 107 Å². The number of hydrazone groups is 1. The third-order valence-electron chi connectivity index (χ3n) is 7.19. The van der Waals surface area contributed by atoms with E-state index in [4.69, 9.17) is 30.8 Å². The van der Waals surface area contributed by atoms with Crippen molar-refractivity contribution in [2.75, 3.05) is 31.7 Å². The molecule has 1 atom stereocenters. The number of hydrogen-bond donors (Lipinski definition) is 1. The smallest absolute Gasteiger partial charge is 0.203 e. The van der Waals surface area contributed by atoms with Crippen molar-refractivity contribution >= 4 is 57.7 Å². The van der Waals surface area contributed by atoms with Crippen LogP contribution < -0.4 is 24.5 Å². The van der Waals surface area contributed by atoms with Crippen molar-refractivity contribution in [1.29, 1.82) is 0 Å². The lowest BCUT2D eigenvalue weighted by Crippen LogP contribution is -2.20. The van der Waals surface area contributed by atoms with Crippen LogP contribution in [0.4, 0.5) is 17.1 Å². The minimum absolute atomic E-state index is 0.0254. The highest BCUT2D eigenvalue weighted by Crippen LogP contribution is 2.48. The number of amidine groups is 1. The fraction of sp³-hybridized carbons (Fsp3) is 0.176. The van der Waals surface area contributed by atoms with Crippen LogP contribution in [0.25, 0.3) is 5.70 Å². The van der Waals surface area contributed by atoms with Gasteiger partial charge < -0.3 is 19.5 Å². The van der Waals surface area contributed by atoms with Crippen LogP contribution in [0.3, 0.4) is 0 Å². The Kier molecular flexibility index (Phi) is 8.31. The van der Waals surface area contributed by atoms with Crippen LogP contribution >= 0.6 is 23.4 Å². The molecule has 0 fully saturated rings. The summed E-state index contributed by atoms with van der Waals surface area (Å²) in [7, 11) is 4.89. The molecule has 7 nitrogen and oxygen atoms in total. The van der Waals surface area contributed by atoms with Crippen LogP contribution in [-0.4, -0.2) is 32.9 Å². The van der Waals surface area contributed by atoms with Gasteiger partial charge in [0.1, 0.15) is 5.84 Å².